The molecule has 0 bridgehead atoms. The van der Waals surface area contributed by atoms with Gasteiger partial charge in [0, 0.05) is 24.1 Å². The van der Waals surface area contributed by atoms with Crippen LogP contribution in [0.4, 0.5) is 0 Å². The van der Waals surface area contributed by atoms with Crippen LogP contribution in [0.15, 0.2) is 30.5 Å². The lowest BCUT2D eigenvalue weighted by Crippen LogP contribution is -2.34. The number of aryl methyl sites for hydroxylation is 1. The molecule has 1 aliphatic rings. The number of benzene rings is 1. The van der Waals surface area contributed by atoms with E-state index in [0.717, 1.165) is 31.7 Å². The van der Waals surface area contributed by atoms with Crippen molar-refractivity contribution in [2.45, 2.75) is 18.9 Å². The van der Waals surface area contributed by atoms with Gasteiger partial charge in [0.2, 0.25) is 0 Å². The summed E-state index contributed by atoms with van der Waals surface area (Å²) >= 11 is 0. The molecule has 0 saturated carbocycles. The van der Waals surface area contributed by atoms with E-state index in [1.54, 1.807) is 0 Å². The highest BCUT2D eigenvalue weighted by atomic mass is 16.5. The molecular weight excluding hydrogens is 212 g/mol. The highest BCUT2D eigenvalue weighted by Gasteiger charge is 2.14. The van der Waals surface area contributed by atoms with Gasteiger partial charge in [0.05, 0.1) is 0 Å². The Labute approximate surface area is 101 Å². The normalized spacial score (nSPS) is 17.5. The van der Waals surface area contributed by atoms with Crippen LogP contribution in [-0.2, 0) is 7.05 Å². The molecule has 2 aromatic rings. The van der Waals surface area contributed by atoms with Crippen molar-refractivity contribution in [2.24, 2.45) is 7.05 Å². The summed E-state index contributed by atoms with van der Waals surface area (Å²) in [6.07, 6.45) is 4.66. The first-order valence-electron chi connectivity index (χ1n) is 6.25. The van der Waals surface area contributed by atoms with Crippen LogP contribution in [0.1, 0.15) is 12.8 Å². The monoisotopic (exact) mass is 230 g/mol. The second-order valence-corrected chi connectivity index (χ2v) is 4.71. The van der Waals surface area contributed by atoms with Gasteiger partial charge in [-0.3, -0.25) is 0 Å². The number of ether oxygens (including phenoxy) is 1. The SMILES string of the molecule is Cn1ccc2cc(OC3CCNCC3)ccc21. The Morgan fingerprint density at radius 2 is 2.06 bits per heavy atom. The smallest absolute Gasteiger partial charge is 0.120 e. The van der Waals surface area contributed by atoms with Gasteiger partial charge in [-0.05, 0) is 50.2 Å². The molecule has 3 nitrogen and oxygen atoms in total. The van der Waals surface area contributed by atoms with Gasteiger partial charge in [-0.25, -0.2) is 0 Å². The third-order valence-electron chi connectivity index (χ3n) is 3.45. The predicted octanol–water partition coefficient (Wildman–Crippen LogP) is 2.31. The first-order valence-corrected chi connectivity index (χ1v) is 6.25. The van der Waals surface area contributed by atoms with Crippen molar-refractivity contribution in [3.63, 3.8) is 0 Å². The molecule has 3 heteroatoms. The summed E-state index contributed by atoms with van der Waals surface area (Å²) < 4.78 is 8.15. The lowest BCUT2D eigenvalue weighted by Gasteiger charge is -2.23. The Morgan fingerprint density at radius 1 is 1.24 bits per heavy atom. The summed E-state index contributed by atoms with van der Waals surface area (Å²) in [6, 6.07) is 8.47. The molecule has 1 N–H and O–H groups in total. The molecule has 1 aliphatic heterocycles. The molecule has 0 aliphatic carbocycles. The van der Waals surface area contributed by atoms with Crippen LogP contribution in [0.25, 0.3) is 10.9 Å². The molecule has 1 saturated heterocycles. The van der Waals surface area contributed by atoms with Crippen LogP contribution in [0.3, 0.4) is 0 Å². The number of piperidine rings is 1. The first-order chi connectivity index (χ1) is 8.33. The zero-order chi connectivity index (χ0) is 11.7. The Bertz CT molecular complexity index is 512. The van der Waals surface area contributed by atoms with Crippen LogP contribution < -0.4 is 10.1 Å². The summed E-state index contributed by atoms with van der Waals surface area (Å²) in [5, 5.41) is 4.60. The highest BCUT2D eigenvalue weighted by Crippen LogP contribution is 2.23. The minimum Gasteiger partial charge on any atom is -0.490 e. The Kier molecular flexibility index (Phi) is 2.77. The molecule has 3 rings (SSSR count). The quantitative estimate of drug-likeness (QED) is 0.856. The Hall–Kier alpha value is -1.48. The minimum atomic E-state index is 0.373. The van der Waals surface area contributed by atoms with E-state index < -0.39 is 0 Å². The van der Waals surface area contributed by atoms with E-state index >= 15 is 0 Å². The van der Waals surface area contributed by atoms with Crippen LogP contribution >= 0.6 is 0 Å². The fraction of sp³-hybridized carbons (Fsp3) is 0.429. The van der Waals surface area contributed by atoms with Gasteiger partial charge in [-0.1, -0.05) is 0 Å². The van der Waals surface area contributed by atoms with Crippen molar-refractivity contribution in [1.82, 2.24) is 9.88 Å². The molecule has 0 radical (unpaired) electrons. The second kappa shape index (κ2) is 4.41. The summed E-state index contributed by atoms with van der Waals surface area (Å²) in [7, 11) is 2.07. The average molecular weight is 230 g/mol. The molecule has 17 heavy (non-hydrogen) atoms. The fourth-order valence-electron chi connectivity index (χ4n) is 2.44. The van der Waals surface area contributed by atoms with Gasteiger partial charge < -0.3 is 14.6 Å². The van der Waals surface area contributed by atoms with Crippen LogP contribution in [0.2, 0.25) is 0 Å². The maximum absolute atomic E-state index is 6.02. The lowest BCUT2D eigenvalue weighted by atomic mass is 10.1. The van der Waals surface area contributed by atoms with E-state index in [1.165, 1.54) is 10.9 Å². The van der Waals surface area contributed by atoms with Gasteiger partial charge >= 0.3 is 0 Å². The zero-order valence-electron chi connectivity index (χ0n) is 10.1. The summed E-state index contributed by atoms with van der Waals surface area (Å²) in [4.78, 5) is 0. The molecule has 0 unspecified atom stereocenters. The van der Waals surface area contributed by atoms with Crippen molar-refractivity contribution in [1.29, 1.82) is 0 Å². The van der Waals surface area contributed by atoms with Crippen molar-refractivity contribution in [3.8, 4) is 5.75 Å². The number of nitrogens with one attached hydrogen (secondary N) is 1. The molecule has 2 heterocycles. The number of aromatic nitrogens is 1. The van der Waals surface area contributed by atoms with Crippen LogP contribution in [-0.4, -0.2) is 23.8 Å². The first kappa shape index (κ1) is 10.7. The number of nitrogens with zero attached hydrogens (tertiary/aromatic N) is 1. The fourth-order valence-corrected chi connectivity index (χ4v) is 2.44. The van der Waals surface area contributed by atoms with Gasteiger partial charge in [-0.2, -0.15) is 0 Å². The molecule has 0 amide bonds. The van der Waals surface area contributed by atoms with E-state index in [2.05, 4.69) is 47.4 Å². The zero-order valence-corrected chi connectivity index (χ0v) is 10.1. The average Bonchev–Trinajstić information content (AvgIpc) is 2.72. The molecule has 1 aromatic carbocycles. The van der Waals surface area contributed by atoms with Gasteiger partial charge in [0.1, 0.15) is 11.9 Å². The molecule has 1 fully saturated rings. The number of fused-ring (bicyclic) bond motifs is 1. The maximum Gasteiger partial charge on any atom is 0.120 e. The van der Waals surface area contributed by atoms with E-state index in [-0.39, 0.29) is 0 Å². The molecule has 0 spiro atoms. The largest absolute Gasteiger partial charge is 0.490 e. The van der Waals surface area contributed by atoms with E-state index in [0.29, 0.717) is 6.10 Å². The Morgan fingerprint density at radius 3 is 2.88 bits per heavy atom. The second-order valence-electron chi connectivity index (χ2n) is 4.71. The highest BCUT2D eigenvalue weighted by molar-refractivity contribution is 5.81. The van der Waals surface area contributed by atoms with Crippen molar-refractivity contribution in [2.75, 3.05) is 13.1 Å². The topological polar surface area (TPSA) is 26.2 Å². The van der Waals surface area contributed by atoms with Gasteiger partial charge in [-0.15, -0.1) is 0 Å². The molecule has 0 atom stereocenters. The number of hydrogen-bond donors (Lipinski definition) is 1. The van der Waals surface area contributed by atoms with E-state index in [1.807, 2.05) is 0 Å². The van der Waals surface area contributed by atoms with Crippen molar-refractivity contribution < 1.29 is 4.74 Å². The Balaban J connectivity index is 1.80. The van der Waals surface area contributed by atoms with E-state index in [9.17, 15) is 0 Å². The molecular formula is C14H18N2O. The van der Waals surface area contributed by atoms with E-state index in [4.69, 9.17) is 4.74 Å². The maximum atomic E-state index is 6.02. The molecule has 1 aromatic heterocycles. The lowest BCUT2D eigenvalue weighted by molar-refractivity contribution is 0.162. The standard InChI is InChI=1S/C14H18N2O/c1-16-9-6-11-10-13(2-3-14(11)16)17-12-4-7-15-8-5-12/h2-3,6,9-10,12,15H,4-5,7-8H2,1H3. The van der Waals surface area contributed by atoms with Crippen LogP contribution in [0, 0.1) is 0 Å². The predicted molar refractivity (Wildman–Crippen MR) is 69.4 cm³/mol. The third kappa shape index (κ3) is 2.15. The van der Waals surface area contributed by atoms with Crippen LogP contribution in [0.5, 0.6) is 5.75 Å². The number of hydrogen-bond acceptors (Lipinski definition) is 2. The number of rotatable bonds is 2. The van der Waals surface area contributed by atoms with Gasteiger partial charge in [0.25, 0.3) is 0 Å². The summed E-state index contributed by atoms with van der Waals surface area (Å²) in [5.74, 6) is 0.996. The van der Waals surface area contributed by atoms with Gasteiger partial charge in [0.15, 0.2) is 0 Å². The van der Waals surface area contributed by atoms with Crippen molar-refractivity contribution >= 4 is 10.9 Å². The third-order valence-corrected chi connectivity index (χ3v) is 3.45. The summed E-state index contributed by atoms with van der Waals surface area (Å²) in [6.45, 7) is 2.14. The summed E-state index contributed by atoms with van der Waals surface area (Å²) in [5.41, 5.74) is 1.25. The van der Waals surface area contributed by atoms with Crippen molar-refractivity contribution in [3.05, 3.63) is 30.5 Å². The minimum absolute atomic E-state index is 0.373. The molecule has 90 valence electrons.